The lowest BCUT2D eigenvalue weighted by atomic mass is 9.82. The van der Waals surface area contributed by atoms with Crippen LogP contribution in [0.25, 0.3) is 0 Å². The Morgan fingerprint density at radius 1 is 1.53 bits per heavy atom. The highest BCUT2D eigenvalue weighted by Crippen LogP contribution is 2.31. The molecule has 0 amide bonds. The van der Waals surface area contributed by atoms with Crippen molar-refractivity contribution in [2.24, 2.45) is 5.92 Å². The number of nitrogens with zero attached hydrogens (tertiary/aromatic N) is 2. The van der Waals surface area contributed by atoms with E-state index in [1.807, 2.05) is 13.1 Å². The molecule has 4 heteroatoms. The first-order chi connectivity index (χ1) is 8.10. The predicted molar refractivity (Wildman–Crippen MR) is 67.6 cm³/mol. The van der Waals surface area contributed by atoms with Crippen LogP contribution in [0.15, 0.2) is 18.2 Å². The number of anilines is 2. The topological polar surface area (TPSA) is 73.3 Å². The minimum atomic E-state index is -0.129. The van der Waals surface area contributed by atoms with Crippen molar-refractivity contribution < 1.29 is 5.11 Å². The molecule has 2 rings (SSSR count). The van der Waals surface area contributed by atoms with E-state index in [0.29, 0.717) is 17.2 Å². The number of aliphatic hydroxyl groups is 1. The summed E-state index contributed by atoms with van der Waals surface area (Å²) in [6.07, 6.45) is 1.60. The Morgan fingerprint density at radius 2 is 2.24 bits per heavy atom. The van der Waals surface area contributed by atoms with Crippen molar-refractivity contribution >= 4 is 11.4 Å². The third-order valence-corrected chi connectivity index (χ3v) is 3.31. The van der Waals surface area contributed by atoms with Gasteiger partial charge in [-0.05, 0) is 37.0 Å². The Kier molecular flexibility index (Phi) is 3.21. The Balaban J connectivity index is 2.08. The molecule has 0 unspecified atom stereocenters. The van der Waals surface area contributed by atoms with Crippen LogP contribution in [-0.2, 0) is 0 Å². The summed E-state index contributed by atoms with van der Waals surface area (Å²) in [7, 11) is 1.97. The van der Waals surface area contributed by atoms with Gasteiger partial charge in [0.2, 0.25) is 0 Å². The second-order valence-corrected chi connectivity index (χ2v) is 4.76. The number of hydrogen-bond acceptors (Lipinski definition) is 4. The molecule has 0 radical (unpaired) electrons. The van der Waals surface area contributed by atoms with Gasteiger partial charge in [0.1, 0.15) is 0 Å². The van der Waals surface area contributed by atoms with Crippen LogP contribution in [-0.4, -0.2) is 24.8 Å². The number of hydrogen-bond donors (Lipinski definition) is 2. The van der Waals surface area contributed by atoms with E-state index in [1.165, 1.54) is 0 Å². The van der Waals surface area contributed by atoms with E-state index in [0.717, 1.165) is 25.1 Å². The fraction of sp³-hybridized carbons (Fsp3) is 0.462. The lowest BCUT2D eigenvalue weighted by Crippen LogP contribution is -2.37. The molecule has 1 aliphatic carbocycles. The van der Waals surface area contributed by atoms with Crippen molar-refractivity contribution in [3.05, 3.63) is 23.8 Å². The molecule has 0 heterocycles. The second-order valence-electron chi connectivity index (χ2n) is 4.76. The summed E-state index contributed by atoms with van der Waals surface area (Å²) in [5.41, 5.74) is 8.11. The van der Waals surface area contributed by atoms with Gasteiger partial charge >= 0.3 is 0 Å². The molecule has 1 saturated carbocycles. The van der Waals surface area contributed by atoms with E-state index in [1.54, 1.807) is 12.1 Å². The van der Waals surface area contributed by atoms with E-state index < -0.39 is 0 Å². The highest BCUT2D eigenvalue weighted by molar-refractivity contribution is 5.69. The van der Waals surface area contributed by atoms with Crippen molar-refractivity contribution in [3.63, 3.8) is 0 Å². The first-order valence-corrected chi connectivity index (χ1v) is 5.79. The summed E-state index contributed by atoms with van der Waals surface area (Å²) in [5, 5.41) is 18.1. The maximum absolute atomic E-state index is 9.25. The number of nitrogen functional groups attached to an aromatic ring is 1. The van der Waals surface area contributed by atoms with Gasteiger partial charge in [0.15, 0.2) is 0 Å². The van der Waals surface area contributed by atoms with Gasteiger partial charge in [0.25, 0.3) is 0 Å². The molecule has 0 saturated heterocycles. The largest absolute Gasteiger partial charge is 0.397 e. The zero-order valence-corrected chi connectivity index (χ0v) is 9.93. The number of aliphatic hydroxyl groups excluding tert-OH is 1. The SMILES string of the molecule is CN(CC1CC(O)C1)c1cc(C#N)ccc1N. The van der Waals surface area contributed by atoms with Crippen LogP contribution in [0.4, 0.5) is 11.4 Å². The summed E-state index contributed by atoms with van der Waals surface area (Å²) >= 11 is 0. The van der Waals surface area contributed by atoms with Crippen LogP contribution in [0, 0.1) is 17.2 Å². The standard InChI is InChI=1S/C13H17N3O/c1-16(8-10-4-11(17)5-10)13-6-9(7-14)2-3-12(13)15/h2-3,6,10-11,17H,4-5,8,15H2,1H3. The molecule has 1 aromatic rings. The average Bonchev–Trinajstić information content (AvgIpc) is 2.27. The molecule has 1 fully saturated rings. The van der Waals surface area contributed by atoms with Crippen molar-refractivity contribution in [1.29, 1.82) is 5.26 Å². The Bertz CT molecular complexity index is 446. The van der Waals surface area contributed by atoms with Gasteiger partial charge < -0.3 is 15.7 Å². The normalized spacial score (nSPS) is 22.6. The zero-order valence-electron chi connectivity index (χ0n) is 9.93. The van der Waals surface area contributed by atoms with E-state index >= 15 is 0 Å². The Labute approximate surface area is 101 Å². The number of nitrogens with two attached hydrogens (primary N) is 1. The minimum absolute atomic E-state index is 0.129. The van der Waals surface area contributed by atoms with Crippen LogP contribution in [0.2, 0.25) is 0 Å². The fourth-order valence-corrected chi connectivity index (χ4v) is 2.28. The summed E-state index contributed by atoms with van der Waals surface area (Å²) < 4.78 is 0. The van der Waals surface area contributed by atoms with Crippen LogP contribution < -0.4 is 10.6 Å². The van der Waals surface area contributed by atoms with E-state index in [2.05, 4.69) is 11.0 Å². The Hall–Kier alpha value is -1.73. The second kappa shape index (κ2) is 4.64. The van der Waals surface area contributed by atoms with Gasteiger partial charge in [-0.1, -0.05) is 0 Å². The first kappa shape index (κ1) is 11.7. The van der Waals surface area contributed by atoms with Crippen LogP contribution in [0.1, 0.15) is 18.4 Å². The van der Waals surface area contributed by atoms with Crippen LogP contribution >= 0.6 is 0 Å². The van der Waals surface area contributed by atoms with E-state index in [9.17, 15) is 5.11 Å². The van der Waals surface area contributed by atoms with Crippen molar-refractivity contribution in [2.75, 3.05) is 24.2 Å². The van der Waals surface area contributed by atoms with Crippen LogP contribution in [0.5, 0.6) is 0 Å². The van der Waals surface area contributed by atoms with Crippen molar-refractivity contribution in [1.82, 2.24) is 0 Å². The molecular weight excluding hydrogens is 214 g/mol. The molecule has 1 aliphatic rings. The van der Waals surface area contributed by atoms with Gasteiger partial charge in [0.05, 0.1) is 29.1 Å². The predicted octanol–water partition coefficient (Wildman–Crippen LogP) is 1.35. The zero-order chi connectivity index (χ0) is 12.4. The molecule has 1 aromatic carbocycles. The molecule has 0 bridgehead atoms. The van der Waals surface area contributed by atoms with Gasteiger partial charge in [-0.3, -0.25) is 0 Å². The molecule has 0 atom stereocenters. The molecule has 3 N–H and O–H groups in total. The lowest BCUT2D eigenvalue weighted by Gasteiger charge is -2.35. The summed E-state index contributed by atoms with van der Waals surface area (Å²) in [4.78, 5) is 2.06. The van der Waals surface area contributed by atoms with Crippen LogP contribution in [0.3, 0.4) is 0 Å². The molecule has 17 heavy (non-hydrogen) atoms. The average molecular weight is 231 g/mol. The molecule has 4 nitrogen and oxygen atoms in total. The molecule has 0 spiro atoms. The molecule has 0 aliphatic heterocycles. The maximum Gasteiger partial charge on any atom is 0.0992 e. The lowest BCUT2D eigenvalue weighted by molar-refractivity contribution is 0.0465. The van der Waals surface area contributed by atoms with Gasteiger partial charge in [0, 0.05) is 13.6 Å². The smallest absolute Gasteiger partial charge is 0.0992 e. The quantitative estimate of drug-likeness (QED) is 0.770. The van der Waals surface area contributed by atoms with E-state index in [4.69, 9.17) is 11.0 Å². The van der Waals surface area contributed by atoms with Gasteiger partial charge in [-0.15, -0.1) is 0 Å². The fourth-order valence-electron chi connectivity index (χ4n) is 2.28. The molecular formula is C13H17N3O. The minimum Gasteiger partial charge on any atom is -0.397 e. The molecule has 90 valence electrons. The summed E-state index contributed by atoms with van der Waals surface area (Å²) in [5.74, 6) is 0.528. The summed E-state index contributed by atoms with van der Waals surface area (Å²) in [6.45, 7) is 0.871. The van der Waals surface area contributed by atoms with Gasteiger partial charge in [-0.25, -0.2) is 0 Å². The highest BCUT2D eigenvalue weighted by atomic mass is 16.3. The van der Waals surface area contributed by atoms with Crippen molar-refractivity contribution in [3.8, 4) is 6.07 Å². The maximum atomic E-state index is 9.25. The number of nitriles is 1. The van der Waals surface area contributed by atoms with Crippen molar-refractivity contribution in [2.45, 2.75) is 18.9 Å². The number of rotatable bonds is 3. The highest BCUT2D eigenvalue weighted by Gasteiger charge is 2.28. The summed E-state index contributed by atoms with van der Waals surface area (Å²) in [6, 6.07) is 7.41. The van der Waals surface area contributed by atoms with E-state index in [-0.39, 0.29) is 6.10 Å². The number of benzene rings is 1. The third-order valence-electron chi connectivity index (χ3n) is 3.31. The third kappa shape index (κ3) is 2.51. The first-order valence-electron chi connectivity index (χ1n) is 5.79. The molecule has 0 aromatic heterocycles. The monoisotopic (exact) mass is 231 g/mol. The Morgan fingerprint density at radius 3 is 2.82 bits per heavy atom. The van der Waals surface area contributed by atoms with Gasteiger partial charge in [-0.2, -0.15) is 5.26 Å².